The number of rotatable bonds is 7. The van der Waals surface area contributed by atoms with E-state index in [1.54, 1.807) is 0 Å². The Morgan fingerprint density at radius 2 is 2.07 bits per heavy atom. The molecule has 0 heterocycles. The molecule has 0 unspecified atom stereocenters. The van der Waals surface area contributed by atoms with E-state index < -0.39 is 0 Å². The lowest BCUT2D eigenvalue weighted by Gasteiger charge is -2.09. The van der Waals surface area contributed by atoms with Gasteiger partial charge in [0.2, 0.25) is 0 Å². The van der Waals surface area contributed by atoms with E-state index in [1.807, 2.05) is 25.1 Å². The molecular formula is C14H20O. The molecule has 82 valence electrons. The first-order chi connectivity index (χ1) is 7.38. The third kappa shape index (κ3) is 4.20. The van der Waals surface area contributed by atoms with E-state index in [-0.39, 0.29) is 0 Å². The van der Waals surface area contributed by atoms with Crippen LogP contribution in [0, 0.1) is 0 Å². The highest BCUT2D eigenvalue weighted by Gasteiger charge is 2.01. The molecule has 1 nitrogen and oxygen atoms in total. The van der Waals surface area contributed by atoms with Crippen LogP contribution in [0.2, 0.25) is 0 Å². The van der Waals surface area contributed by atoms with Crippen LogP contribution in [0.25, 0.3) is 0 Å². The van der Waals surface area contributed by atoms with Gasteiger partial charge in [-0.15, -0.1) is 6.58 Å². The van der Waals surface area contributed by atoms with E-state index in [0.717, 1.165) is 25.2 Å². The zero-order chi connectivity index (χ0) is 10.9. The summed E-state index contributed by atoms with van der Waals surface area (Å²) in [6, 6.07) is 8.30. The van der Waals surface area contributed by atoms with E-state index in [1.165, 1.54) is 18.4 Å². The van der Waals surface area contributed by atoms with Crippen molar-refractivity contribution in [2.24, 2.45) is 0 Å². The molecule has 1 aromatic rings. The molecule has 0 aromatic heterocycles. The van der Waals surface area contributed by atoms with Crippen molar-refractivity contribution < 1.29 is 4.74 Å². The number of hydrogen-bond donors (Lipinski definition) is 0. The van der Waals surface area contributed by atoms with Crippen LogP contribution in [0.3, 0.4) is 0 Å². The van der Waals surface area contributed by atoms with Gasteiger partial charge in [0.25, 0.3) is 0 Å². The second kappa shape index (κ2) is 7.10. The van der Waals surface area contributed by atoms with Gasteiger partial charge in [0.1, 0.15) is 5.75 Å². The average molecular weight is 204 g/mol. The van der Waals surface area contributed by atoms with E-state index in [4.69, 9.17) is 4.74 Å². The number of benzene rings is 1. The molecule has 0 bridgehead atoms. The Morgan fingerprint density at radius 3 is 2.80 bits per heavy atom. The molecule has 0 saturated carbocycles. The van der Waals surface area contributed by atoms with Crippen molar-refractivity contribution in [3.8, 4) is 5.75 Å². The molecule has 15 heavy (non-hydrogen) atoms. The number of aryl methyl sites for hydroxylation is 1. The molecule has 0 atom stereocenters. The van der Waals surface area contributed by atoms with Crippen LogP contribution in [0.4, 0.5) is 0 Å². The summed E-state index contributed by atoms with van der Waals surface area (Å²) < 4.78 is 5.57. The first kappa shape index (κ1) is 11.8. The number of hydrogen-bond acceptors (Lipinski definition) is 1. The monoisotopic (exact) mass is 204 g/mol. The zero-order valence-corrected chi connectivity index (χ0v) is 9.54. The number of allylic oxidation sites excluding steroid dienone is 1. The summed E-state index contributed by atoms with van der Waals surface area (Å²) >= 11 is 0. The van der Waals surface area contributed by atoms with Gasteiger partial charge in [0, 0.05) is 0 Å². The molecule has 1 rings (SSSR count). The highest BCUT2D eigenvalue weighted by atomic mass is 16.5. The van der Waals surface area contributed by atoms with Crippen molar-refractivity contribution in [2.75, 3.05) is 6.61 Å². The standard InChI is InChI=1S/C14H20O/c1-3-5-6-7-10-13-11-8-9-12-14(13)15-4-2/h3,8-9,11-12H,1,4-7,10H2,2H3. The molecule has 1 aromatic carbocycles. The predicted molar refractivity (Wildman–Crippen MR) is 65.4 cm³/mol. The molecule has 0 aliphatic heterocycles. The molecule has 0 saturated heterocycles. The quantitative estimate of drug-likeness (QED) is 0.482. The summed E-state index contributed by atoms with van der Waals surface area (Å²) in [4.78, 5) is 0. The predicted octanol–water partition coefficient (Wildman–Crippen LogP) is 3.98. The van der Waals surface area contributed by atoms with Crippen molar-refractivity contribution in [1.29, 1.82) is 0 Å². The van der Waals surface area contributed by atoms with Gasteiger partial charge in [-0.3, -0.25) is 0 Å². The van der Waals surface area contributed by atoms with E-state index in [9.17, 15) is 0 Å². The Bertz CT molecular complexity index is 291. The fourth-order valence-corrected chi connectivity index (χ4v) is 1.61. The molecule has 0 spiro atoms. The van der Waals surface area contributed by atoms with Crippen LogP contribution in [-0.2, 0) is 6.42 Å². The highest BCUT2D eigenvalue weighted by molar-refractivity contribution is 5.33. The minimum Gasteiger partial charge on any atom is -0.494 e. The van der Waals surface area contributed by atoms with Gasteiger partial charge in [-0.05, 0) is 44.2 Å². The summed E-state index contributed by atoms with van der Waals surface area (Å²) in [7, 11) is 0. The molecule has 0 radical (unpaired) electrons. The van der Waals surface area contributed by atoms with E-state index >= 15 is 0 Å². The minimum absolute atomic E-state index is 0.740. The summed E-state index contributed by atoms with van der Waals surface area (Å²) in [5.41, 5.74) is 1.32. The van der Waals surface area contributed by atoms with Gasteiger partial charge in [-0.1, -0.05) is 24.3 Å². The van der Waals surface area contributed by atoms with Crippen molar-refractivity contribution in [3.05, 3.63) is 42.5 Å². The molecule has 1 heteroatoms. The fraction of sp³-hybridized carbons (Fsp3) is 0.429. The zero-order valence-electron chi connectivity index (χ0n) is 9.54. The molecule has 0 amide bonds. The Balaban J connectivity index is 2.47. The van der Waals surface area contributed by atoms with Gasteiger partial charge in [0.15, 0.2) is 0 Å². The fourth-order valence-electron chi connectivity index (χ4n) is 1.61. The molecule has 0 aliphatic rings. The maximum absolute atomic E-state index is 5.57. The third-order valence-electron chi connectivity index (χ3n) is 2.38. The smallest absolute Gasteiger partial charge is 0.122 e. The van der Waals surface area contributed by atoms with Crippen molar-refractivity contribution in [2.45, 2.75) is 32.6 Å². The molecule has 0 fully saturated rings. The van der Waals surface area contributed by atoms with Crippen LogP contribution in [0.5, 0.6) is 5.75 Å². The Labute approximate surface area is 92.8 Å². The minimum atomic E-state index is 0.740. The summed E-state index contributed by atoms with van der Waals surface area (Å²) in [6.45, 7) is 6.49. The van der Waals surface area contributed by atoms with Crippen LogP contribution in [-0.4, -0.2) is 6.61 Å². The topological polar surface area (TPSA) is 9.23 Å². The van der Waals surface area contributed by atoms with Crippen LogP contribution < -0.4 is 4.74 Å². The van der Waals surface area contributed by atoms with E-state index in [2.05, 4.69) is 18.7 Å². The Morgan fingerprint density at radius 1 is 1.27 bits per heavy atom. The maximum atomic E-state index is 5.57. The maximum Gasteiger partial charge on any atom is 0.122 e. The SMILES string of the molecule is C=CCCCCc1ccccc1OCC. The highest BCUT2D eigenvalue weighted by Crippen LogP contribution is 2.20. The van der Waals surface area contributed by atoms with Gasteiger partial charge in [0.05, 0.1) is 6.61 Å². The van der Waals surface area contributed by atoms with Gasteiger partial charge in [-0.25, -0.2) is 0 Å². The summed E-state index contributed by atoms with van der Waals surface area (Å²) in [6.07, 6.45) is 6.61. The summed E-state index contributed by atoms with van der Waals surface area (Å²) in [5.74, 6) is 1.04. The lowest BCUT2D eigenvalue weighted by molar-refractivity contribution is 0.336. The Kier molecular flexibility index (Phi) is 5.60. The van der Waals surface area contributed by atoms with Gasteiger partial charge < -0.3 is 4.74 Å². The third-order valence-corrected chi connectivity index (χ3v) is 2.38. The molecule has 0 N–H and O–H groups in total. The first-order valence-electron chi connectivity index (χ1n) is 5.70. The number of para-hydroxylation sites is 1. The lowest BCUT2D eigenvalue weighted by atomic mass is 10.1. The normalized spacial score (nSPS) is 9.93. The molecular weight excluding hydrogens is 184 g/mol. The largest absolute Gasteiger partial charge is 0.494 e. The lowest BCUT2D eigenvalue weighted by Crippen LogP contribution is -1.96. The van der Waals surface area contributed by atoms with Crippen molar-refractivity contribution in [1.82, 2.24) is 0 Å². The van der Waals surface area contributed by atoms with E-state index in [0.29, 0.717) is 0 Å². The number of unbranched alkanes of at least 4 members (excludes halogenated alkanes) is 2. The van der Waals surface area contributed by atoms with Crippen molar-refractivity contribution in [3.63, 3.8) is 0 Å². The van der Waals surface area contributed by atoms with Crippen molar-refractivity contribution >= 4 is 0 Å². The van der Waals surface area contributed by atoms with Gasteiger partial charge >= 0.3 is 0 Å². The second-order valence-corrected chi connectivity index (χ2v) is 3.58. The average Bonchev–Trinajstić information content (AvgIpc) is 2.27. The van der Waals surface area contributed by atoms with Crippen LogP contribution in [0.1, 0.15) is 31.7 Å². The molecule has 0 aliphatic carbocycles. The van der Waals surface area contributed by atoms with Crippen LogP contribution in [0.15, 0.2) is 36.9 Å². The second-order valence-electron chi connectivity index (χ2n) is 3.58. The Hall–Kier alpha value is -1.24. The van der Waals surface area contributed by atoms with Gasteiger partial charge in [-0.2, -0.15) is 0 Å². The first-order valence-corrected chi connectivity index (χ1v) is 5.70. The number of ether oxygens (including phenoxy) is 1. The van der Waals surface area contributed by atoms with Crippen LogP contribution >= 0.6 is 0 Å². The summed E-state index contributed by atoms with van der Waals surface area (Å²) in [5, 5.41) is 0.